The van der Waals surface area contributed by atoms with Crippen molar-refractivity contribution in [1.82, 2.24) is 15.1 Å². The van der Waals surface area contributed by atoms with Crippen molar-refractivity contribution in [2.75, 3.05) is 37.5 Å². The molecule has 2 N–H and O–H groups in total. The number of nitrogens with one attached hydrogen (secondary N) is 2. The highest BCUT2D eigenvalue weighted by Gasteiger charge is 2.51. The van der Waals surface area contributed by atoms with E-state index in [1.807, 2.05) is 47.6 Å². The SMILES string of the molecule is COc1cccc(NC(=O)N2CCC3(CC2)NC(CCSC)C(=O)N3Cc2cccc(C#N)c2)c1. The molecule has 3 amide bonds. The number of piperidine rings is 1. The van der Waals surface area contributed by atoms with Crippen LogP contribution < -0.4 is 15.4 Å². The average molecular weight is 494 g/mol. The molecule has 2 aromatic rings. The zero-order chi connectivity index (χ0) is 24.8. The summed E-state index contributed by atoms with van der Waals surface area (Å²) >= 11 is 1.73. The summed E-state index contributed by atoms with van der Waals surface area (Å²) in [7, 11) is 1.59. The number of hydrogen-bond donors (Lipinski definition) is 2. The Hall–Kier alpha value is -3.22. The van der Waals surface area contributed by atoms with E-state index < -0.39 is 5.66 Å². The maximum absolute atomic E-state index is 13.4. The Bertz CT molecular complexity index is 1110. The Balaban J connectivity index is 1.47. The lowest BCUT2D eigenvalue weighted by Crippen LogP contribution is -2.59. The standard InChI is InChI=1S/C26H31N5O3S/c1-34-22-8-4-7-21(16-22)28-25(33)30-12-10-26(11-13-30)29-23(9-14-35-2)24(32)31(26)18-20-6-3-5-19(15-20)17-27/h3-8,15-16,23,29H,9-14,18H2,1-2H3,(H,28,33). The molecule has 0 bridgehead atoms. The number of nitrogens with zero attached hydrogens (tertiary/aromatic N) is 3. The first-order valence-corrected chi connectivity index (χ1v) is 13.1. The molecule has 1 unspecified atom stereocenters. The molecule has 0 saturated carbocycles. The second-order valence-electron chi connectivity index (χ2n) is 8.90. The number of carbonyl (C=O) groups excluding carboxylic acids is 2. The van der Waals surface area contributed by atoms with E-state index in [2.05, 4.69) is 16.7 Å². The average Bonchev–Trinajstić information content (AvgIpc) is 3.13. The molecule has 2 fully saturated rings. The third-order valence-corrected chi connectivity index (χ3v) is 7.37. The van der Waals surface area contributed by atoms with E-state index in [9.17, 15) is 14.9 Å². The molecule has 35 heavy (non-hydrogen) atoms. The topological polar surface area (TPSA) is 97.7 Å². The second kappa shape index (κ2) is 11.0. The number of anilines is 1. The molecule has 0 aromatic heterocycles. The van der Waals surface area contributed by atoms with Gasteiger partial charge < -0.3 is 19.9 Å². The molecular weight excluding hydrogens is 462 g/mol. The molecule has 8 nitrogen and oxygen atoms in total. The Morgan fingerprint density at radius 3 is 2.74 bits per heavy atom. The van der Waals surface area contributed by atoms with Gasteiger partial charge in [0.2, 0.25) is 5.91 Å². The van der Waals surface area contributed by atoms with Crippen LogP contribution in [0, 0.1) is 11.3 Å². The van der Waals surface area contributed by atoms with Crippen LogP contribution in [-0.4, -0.2) is 65.7 Å². The lowest BCUT2D eigenvalue weighted by atomic mass is 9.95. The molecule has 9 heteroatoms. The molecule has 0 radical (unpaired) electrons. The number of ether oxygens (including phenoxy) is 1. The maximum atomic E-state index is 13.4. The summed E-state index contributed by atoms with van der Waals surface area (Å²) in [6.45, 7) is 1.49. The highest BCUT2D eigenvalue weighted by Crippen LogP contribution is 2.35. The molecule has 4 rings (SSSR count). The molecule has 2 aliphatic heterocycles. The van der Waals surface area contributed by atoms with Crippen molar-refractivity contribution in [2.24, 2.45) is 0 Å². The smallest absolute Gasteiger partial charge is 0.321 e. The number of methoxy groups -OCH3 is 1. The van der Waals surface area contributed by atoms with Crippen LogP contribution in [0.25, 0.3) is 0 Å². The van der Waals surface area contributed by atoms with Crippen molar-refractivity contribution in [3.05, 3.63) is 59.7 Å². The molecule has 0 aliphatic carbocycles. The van der Waals surface area contributed by atoms with Crippen LogP contribution in [0.5, 0.6) is 5.75 Å². The van der Waals surface area contributed by atoms with Crippen molar-refractivity contribution < 1.29 is 14.3 Å². The summed E-state index contributed by atoms with van der Waals surface area (Å²) in [5.74, 6) is 1.67. The Morgan fingerprint density at radius 2 is 2.03 bits per heavy atom. The van der Waals surface area contributed by atoms with Gasteiger partial charge in [0, 0.05) is 44.2 Å². The number of hydrogen-bond acceptors (Lipinski definition) is 6. The molecule has 2 heterocycles. The molecular formula is C26H31N5O3S. The number of carbonyl (C=O) groups is 2. The van der Waals surface area contributed by atoms with Crippen LogP contribution in [0.1, 0.15) is 30.4 Å². The zero-order valence-electron chi connectivity index (χ0n) is 20.1. The number of nitriles is 1. The van der Waals surface area contributed by atoms with Gasteiger partial charge in [-0.1, -0.05) is 18.2 Å². The lowest BCUT2D eigenvalue weighted by molar-refractivity contribution is -0.134. The van der Waals surface area contributed by atoms with Crippen LogP contribution in [0.15, 0.2) is 48.5 Å². The first kappa shape index (κ1) is 24.9. The Morgan fingerprint density at radius 1 is 1.26 bits per heavy atom. The van der Waals surface area contributed by atoms with Gasteiger partial charge in [-0.05, 0) is 48.3 Å². The van der Waals surface area contributed by atoms with E-state index in [4.69, 9.17) is 4.74 Å². The minimum Gasteiger partial charge on any atom is -0.497 e. The summed E-state index contributed by atoms with van der Waals surface area (Å²) in [6, 6.07) is 16.5. The summed E-state index contributed by atoms with van der Waals surface area (Å²) in [6.07, 6.45) is 4.08. The van der Waals surface area contributed by atoms with Crippen LogP contribution in [-0.2, 0) is 11.3 Å². The number of rotatable bonds is 7. The quantitative estimate of drug-likeness (QED) is 0.611. The largest absolute Gasteiger partial charge is 0.497 e. The van der Waals surface area contributed by atoms with Gasteiger partial charge in [0.25, 0.3) is 0 Å². The molecule has 2 aromatic carbocycles. The summed E-state index contributed by atoms with van der Waals surface area (Å²) in [5, 5.41) is 15.9. The Labute approximate surface area is 210 Å². The van der Waals surface area contributed by atoms with E-state index in [1.165, 1.54) is 0 Å². The first-order valence-electron chi connectivity index (χ1n) is 11.7. The van der Waals surface area contributed by atoms with E-state index in [1.54, 1.807) is 35.9 Å². The van der Waals surface area contributed by atoms with Crippen LogP contribution in [0.3, 0.4) is 0 Å². The fraction of sp³-hybridized carbons (Fsp3) is 0.423. The van der Waals surface area contributed by atoms with Crippen molar-refractivity contribution in [1.29, 1.82) is 5.26 Å². The summed E-state index contributed by atoms with van der Waals surface area (Å²) in [5.41, 5.74) is 1.69. The summed E-state index contributed by atoms with van der Waals surface area (Å²) < 4.78 is 5.24. The number of urea groups is 1. The predicted octanol–water partition coefficient (Wildman–Crippen LogP) is 3.64. The van der Waals surface area contributed by atoms with Gasteiger partial charge in [-0.2, -0.15) is 17.0 Å². The van der Waals surface area contributed by atoms with Crippen LogP contribution in [0.4, 0.5) is 10.5 Å². The fourth-order valence-corrected chi connectivity index (χ4v) is 5.31. The highest BCUT2D eigenvalue weighted by molar-refractivity contribution is 7.98. The van der Waals surface area contributed by atoms with E-state index in [0.29, 0.717) is 49.5 Å². The predicted molar refractivity (Wildman–Crippen MR) is 137 cm³/mol. The third-order valence-electron chi connectivity index (χ3n) is 6.73. The van der Waals surface area contributed by atoms with Crippen molar-refractivity contribution in [3.63, 3.8) is 0 Å². The monoisotopic (exact) mass is 493 g/mol. The van der Waals surface area contributed by atoms with E-state index in [0.717, 1.165) is 17.7 Å². The van der Waals surface area contributed by atoms with E-state index in [-0.39, 0.29) is 18.0 Å². The number of benzene rings is 2. The normalized spacial score (nSPS) is 19.0. The minimum absolute atomic E-state index is 0.0932. The van der Waals surface area contributed by atoms with Crippen molar-refractivity contribution >= 4 is 29.4 Å². The molecule has 1 spiro atoms. The maximum Gasteiger partial charge on any atom is 0.321 e. The zero-order valence-corrected chi connectivity index (χ0v) is 20.9. The fourth-order valence-electron chi connectivity index (χ4n) is 4.84. The van der Waals surface area contributed by atoms with Crippen molar-refractivity contribution in [2.45, 2.75) is 37.5 Å². The number of amides is 3. The van der Waals surface area contributed by atoms with Gasteiger partial charge in [0.1, 0.15) is 5.75 Å². The van der Waals surface area contributed by atoms with Gasteiger partial charge in [-0.15, -0.1) is 0 Å². The summed E-state index contributed by atoms with van der Waals surface area (Å²) in [4.78, 5) is 30.1. The van der Waals surface area contributed by atoms with Gasteiger partial charge >= 0.3 is 6.03 Å². The second-order valence-corrected chi connectivity index (χ2v) is 9.88. The first-order chi connectivity index (χ1) is 17.0. The molecule has 1 atom stereocenters. The van der Waals surface area contributed by atoms with E-state index >= 15 is 0 Å². The van der Waals surface area contributed by atoms with Crippen LogP contribution in [0.2, 0.25) is 0 Å². The molecule has 2 saturated heterocycles. The van der Waals surface area contributed by atoms with Crippen molar-refractivity contribution in [3.8, 4) is 11.8 Å². The highest BCUT2D eigenvalue weighted by atomic mass is 32.2. The molecule has 2 aliphatic rings. The van der Waals surface area contributed by atoms with Crippen LogP contribution >= 0.6 is 11.8 Å². The van der Waals surface area contributed by atoms with Gasteiger partial charge in [0.05, 0.1) is 30.4 Å². The lowest BCUT2D eigenvalue weighted by Gasteiger charge is -2.44. The van der Waals surface area contributed by atoms with Gasteiger partial charge in [-0.3, -0.25) is 10.1 Å². The number of thioether (sulfide) groups is 1. The van der Waals surface area contributed by atoms with Gasteiger partial charge in [-0.25, -0.2) is 4.79 Å². The Kier molecular flexibility index (Phi) is 7.83. The minimum atomic E-state index is -0.504. The van der Waals surface area contributed by atoms with Gasteiger partial charge in [0.15, 0.2) is 0 Å². The number of likely N-dealkylation sites (tertiary alicyclic amines) is 1. The molecule has 184 valence electrons. The third kappa shape index (κ3) is 5.55.